The molecule has 1 amide bonds. The summed E-state index contributed by atoms with van der Waals surface area (Å²) >= 11 is 1.64. The average molecular weight is 416 g/mol. The number of benzene rings is 3. The van der Waals surface area contributed by atoms with E-state index in [9.17, 15) is 4.79 Å². The minimum absolute atomic E-state index is 0.147. The number of nitrogen functional groups attached to an aromatic ring is 1. The highest BCUT2D eigenvalue weighted by atomic mass is 32.1. The van der Waals surface area contributed by atoms with E-state index >= 15 is 0 Å². The van der Waals surface area contributed by atoms with Gasteiger partial charge < -0.3 is 21.2 Å². The van der Waals surface area contributed by atoms with E-state index in [0.717, 1.165) is 26.1 Å². The maximum absolute atomic E-state index is 12.6. The molecule has 1 heterocycles. The number of carbonyl (C=O) groups is 1. The first-order valence-corrected chi connectivity index (χ1v) is 10.2. The van der Waals surface area contributed by atoms with Gasteiger partial charge in [0.2, 0.25) is 5.91 Å². The van der Waals surface area contributed by atoms with Gasteiger partial charge in [0.1, 0.15) is 5.75 Å². The number of thiophene rings is 1. The lowest BCUT2D eigenvalue weighted by atomic mass is 10.0. The van der Waals surface area contributed by atoms with Crippen LogP contribution in [0.25, 0.3) is 20.5 Å². The molecule has 6 heteroatoms. The molecule has 30 heavy (non-hydrogen) atoms. The van der Waals surface area contributed by atoms with Crippen LogP contribution in [0, 0.1) is 5.41 Å². The Morgan fingerprint density at radius 1 is 1.13 bits per heavy atom. The Morgan fingerprint density at radius 3 is 2.73 bits per heavy atom. The van der Waals surface area contributed by atoms with E-state index in [-0.39, 0.29) is 12.3 Å². The van der Waals surface area contributed by atoms with E-state index < -0.39 is 0 Å². The highest BCUT2D eigenvalue weighted by Gasteiger charge is 2.14. The Morgan fingerprint density at radius 2 is 1.97 bits per heavy atom. The van der Waals surface area contributed by atoms with Gasteiger partial charge in [0.15, 0.2) is 0 Å². The number of amides is 1. The average Bonchev–Trinajstić information content (AvgIpc) is 3.19. The molecule has 5 nitrogen and oxygen atoms in total. The highest BCUT2D eigenvalue weighted by molar-refractivity contribution is 7.22. The van der Waals surface area contributed by atoms with E-state index in [4.69, 9.17) is 15.9 Å². The van der Waals surface area contributed by atoms with E-state index in [0.29, 0.717) is 22.7 Å². The zero-order chi connectivity index (χ0) is 21.1. The van der Waals surface area contributed by atoms with Gasteiger partial charge in [-0.15, -0.1) is 11.3 Å². The fourth-order valence-corrected chi connectivity index (χ4v) is 4.45. The topological polar surface area (TPSA) is 88.2 Å². The summed E-state index contributed by atoms with van der Waals surface area (Å²) < 4.78 is 6.38. The standard InChI is InChI=1S/C24H21N3O2S/c1-29-19-7-4-5-15(9-19)10-23(28)27-18-11-17(14-25)24(26)20(13-18)22-12-16-6-2-3-8-21(16)30-22/h2-9,11-14,25H,10,26H2,1H3,(H,27,28). The molecule has 0 saturated carbocycles. The molecule has 4 N–H and O–H groups in total. The Labute approximate surface area is 178 Å². The van der Waals surface area contributed by atoms with Crippen molar-refractivity contribution in [3.05, 3.63) is 77.9 Å². The van der Waals surface area contributed by atoms with Crippen LogP contribution in [0.3, 0.4) is 0 Å². The van der Waals surface area contributed by atoms with Crippen molar-refractivity contribution in [2.75, 3.05) is 18.2 Å². The summed E-state index contributed by atoms with van der Waals surface area (Å²) in [5, 5.41) is 11.8. The normalized spacial score (nSPS) is 10.7. The van der Waals surface area contributed by atoms with Gasteiger partial charge in [-0.05, 0) is 47.3 Å². The van der Waals surface area contributed by atoms with Crippen LogP contribution in [-0.4, -0.2) is 19.2 Å². The third-order valence-corrected chi connectivity index (χ3v) is 5.99. The van der Waals surface area contributed by atoms with Crippen molar-refractivity contribution in [1.29, 1.82) is 5.41 Å². The van der Waals surface area contributed by atoms with Gasteiger partial charge in [-0.2, -0.15) is 0 Å². The molecule has 0 aliphatic carbocycles. The Hall–Kier alpha value is -3.64. The largest absolute Gasteiger partial charge is 0.497 e. The molecule has 150 valence electrons. The first-order valence-electron chi connectivity index (χ1n) is 9.43. The van der Waals surface area contributed by atoms with Gasteiger partial charge in [-0.3, -0.25) is 4.79 Å². The smallest absolute Gasteiger partial charge is 0.228 e. The number of nitrogens with one attached hydrogen (secondary N) is 2. The van der Waals surface area contributed by atoms with Crippen LogP contribution in [0.2, 0.25) is 0 Å². The Balaban J connectivity index is 1.64. The number of carbonyl (C=O) groups excluding carboxylic acids is 1. The van der Waals surface area contributed by atoms with Crippen LogP contribution in [0.5, 0.6) is 5.75 Å². The number of nitrogens with two attached hydrogens (primary N) is 1. The van der Waals surface area contributed by atoms with Crippen molar-refractivity contribution in [1.82, 2.24) is 0 Å². The molecule has 0 bridgehead atoms. The minimum Gasteiger partial charge on any atom is -0.497 e. The van der Waals surface area contributed by atoms with Crippen LogP contribution in [0.1, 0.15) is 11.1 Å². The molecule has 4 rings (SSSR count). The van der Waals surface area contributed by atoms with Crippen LogP contribution >= 0.6 is 11.3 Å². The van der Waals surface area contributed by atoms with Gasteiger partial charge >= 0.3 is 0 Å². The predicted molar refractivity (Wildman–Crippen MR) is 125 cm³/mol. The lowest BCUT2D eigenvalue weighted by Crippen LogP contribution is -2.15. The monoisotopic (exact) mass is 415 g/mol. The second kappa shape index (κ2) is 8.39. The molecule has 3 aromatic carbocycles. The number of hydrogen-bond acceptors (Lipinski definition) is 5. The Kier molecular flexibility index (Phi) is 5.50. The summed E-state index contributed by atoms with van der Waals surface area (Å²) in [5.41, 5.74) is 9.72. The van der Waals surface area contributed by atoms with Crippen molar-refractivity contribution in [3.63, 3.8) is 0 Å². The Bertz CT molecular complexity index is 1210. The molecule has 0 aliphatic rings. The van der Waals surface area contributed by atoms with E-state index in [1.54, 1.807) is 24.5 Å². The van der Waals surface area contributed by atoms with E-state index in [1.807, 2.05) is 42.5 Å². The van der Waals surface area contributed by atoms with Crippen LogP contribution in [0.4, 0.5) is 11.4 Å². The molecule has 0 unspecified atom stereocenters. The van der Waals surface area contributed by atoms with Crippen molar-refractivity contribution in [2.24, 2.45) is 0 Å². The molecule has 0 aliphatic heterocycles. The molecule has 1 aromatic heterocycles. The molecule has 0 spiro atoms. The zero-order valence-electron chi connectivity index (χ0n) is 16.4. The summed E-state index contributed by atoms with van der Waals surface area (Å²) in [6.45, 7) is 0. The van der Waals surface area contributed by atoms with E-state index in [2.05, 4.69) is 23.5 Å². The van der Waals surface area contributed by atoms with Gasteiger partial charge in [-0.1, -0.05) is 30.3 Å². The molecule has 4 aromatic rings. The maximum atomic E-state index is 12.6. The van der Waals surface area contributed by atoms with Crippen LogP contribution in [0.15, 0.2) is 66.7 Å². The van der Waals surface area contributed by atoms with Crippen molar-refractivity contribution >= 4 is 44.9 Å². The molecule has 0 saturated heterocycles. The van der Waals surface area contributed by atoms with Crippen molar-refractivity contribution in [2.45, 2.75) is 6.42 Å². The third-order valence-electron chi connectivity index (χ3n) is 4.84. The summed E-state index contributed by atoms with van der Waals surface area (Å²) in [4.78, 5) is 13.6. The lowest BCUT2D eigenvalue weighted by Gasteiger charge is -2.12. The minimum atomic E-state index is -0.147. The highest BCUT2D eigenvalue weighted by Crippen LogP contribution is 2.38. The van der Waals surface area contributed by atoms with Gasteiger partial charge in [0, 0.05) is 38.3 Å². The maximum Gasteiger partial charge on any atom is 0.228 e. The number of ether oxygens (including phenoxy) is 1. The van der Waals surface area contributed by atoms with E-state index in [1.165, 1.54) is 6.21 Å². The molecule has 0 atom stereocenters. The summed E-state index contributed by atoms with van der Waals surface area (Å²) in [6, 6.07) is 21.2. The van der Waals surface area contributed by atoms with Gasteiger partial charge in [0.25, 0.3) is 0 Å². The second-order valence-electron chi connectivity index (χ2n) is 6.90. The summed E-state index contributed by atoms with van der Waals surface area (Å²) in [7, 11) is 1.60. The first-order chi connectivity index (χ1) is 14.6. The molecule has 0 radical (unpaired) electrons. The second-order valence-corrected chi connectivity index (χ2v) is 7.98. The molecular weight excluding hydrogens is 394 g/mol. The number of fused-ring (bicyclic) bond motifs is 1. The zero-order valence-corrected chi connectivity index (χ0v) is 17.3. The van der Waals surface area contributed by atoms with Gasteiger partial charge in [-0.25, -0.2) is 0 Å². The third kappa shape index (κ3) is 4.04. The van der Waals surface area contributed by atoms with Crippen LogP contribution < -0.4 is 15.8 Å². The van der Waals surface area contributed by atoms with Crippen molar-refractivity contribution < 1.29 is 9.53 Å². The number of anilines is 2. The number of methoxy groups -OCH3 is 1. The fraction of sp³-hybridized carbons (Fsp3) is 0.0833. The molecular formula is C24H21N3O2S. The van der Waals surface area contributed by atoms with Crippen molar-refractivity contribution in [3.8, 4) is 16.2 Å². The summed E-state index contributed by atoms with van der Waals surface area (Å²) in [6.07, 6.45) is 1.43. The molecule has 0 fully saturated rings. The van der Waals surface area contributed by atoms with Gasteiger partial charge in [0.05, 0.1) is 13.5 Å². The summed E-state index contributed by atoms with van der Waals surface area (Å²) in [5.74, 6) is 0.567. The number of hydrogen-bond donors (Lipinski definition) is 3. The quantitative estimate of drug-likeness (QED) is 0.293. The first kappa shape index (κ1) is 19.7. The lowest BCUT2D eigenvalue weighted by molar-refractivity contribution is -0.115. The number of rotatable bonds is 6. The predicted octanol–water partition coefficient (Wildman–Crippen LogP) is 5.34. The SMILES string of the molecule is COc1cccc(CC(=O)Nc2cc(C=N)c(N)c(-c3cc4ccccc4s3)c2)c1. The van der Waals surface area contributed by atoms with Crippen LogP contribution in [-0.2, 0) is 11.2 Å². The fourth-order valence-electron chi connectivity index (χ4n) is 3.36.